The molecule has 29 heavy (non-hydrogen) atoms. The summed E-state index contributed by atoms with van der Waals surface area (Å²) in [6.07, 6.45) is 4.55. The summed E-state index contributed by atoms with van der Waals surface area (Å²) in [6, 6.07) is 15.7. The van der Waals surface area contributed by atoms with Crippen molar-refractivity contribution in [3.63, 3.8) is 0 Å². The van der Waals surface area contributed by atoms with Crippen molar-refractivity contribution in [2.24, 2.45) is 0 Å². The number of ether oxygens (including phenoxy) is 3. The van der Waals surface area contributed by atoms with Crippen LogP contribution in [0.5, 0.6) is 17.2 Å². The van der Waals surface area contributed by atoms with Crippen molar-refractivity contribution in [2.75, 3.05) is 13.2 Å². The first-order valence-corrected chi connectivity index (χ1v) is 10.6. The van der Waals surface area contributed by atoms with Crippen LogP contribution < -0.4 is 14.8 Å². The van der Waals surface area contributed by atoms with Crippen LogP contribution in [0.1, 0.15) is 39.0 Å². The molecule has 6 heteroatoms. The van der Waals surface area contributed by atoms with E-state index in [0.29, 0.717) is 36.7 Å². The van der Waals surface area contributed by atoms with Gasteiger partial charge in [-0.2, -0.15) is 0 Å². The van der Waals surface area contributed by atoms with Crippen molar-refractivity contribution in [1.82, 2.24) is 5.32 Å². The topological polar surface area (TPSA) is 56.8 Å². The average Bonchev–Trinajstić information content (AvgIpc) is 3.17. The van der Waals surface area contributed by atoms with Gasteiger partial charge in [0.05, 0.1) is 6.61 Å². The third kappa shape index (κ3) is 7.26. The Morgan fingerprint density at radius 1 is 1.00 bits per heavy atom. The van der Waals surface area contributed by atoms with Crippen LogP contribution in [0.4, 0.5) is 0 Å². The van der Waals surface area contributed by atoms with Crippen molar-refractivity contribution in [3.8, 4) is 17.2 Å². The van der Waals surface area contributed by atoms with Gasteiger partial charge in [0.2, 0.25) is 0 Å². The molecule has 2 aromatic carbocycles. The summed E-state index contributed by atoms with van der Waals surface area (Å²) in [4.78, 5) is 11.4. The van der Waals surface area contributed by atoms with Crippen molar-refractivity contribution in [2.45, 2.75) is 51.1 Å². The molecule has 0 radical (unpaired) electrons. The Hall–Kier alpha value is -2.24. The quantitative estimate of drug-likeness (QED) is 0.527. The van der Waals surface area contributed by atoms with Gasteiger partial charge in [0, 0.05) is 23.5 Å². The van der Waals surface area contributed by atoms with Gasteiger partial charge in [0.15, 0.2) is 0 Å². The minimum Gasteiger partial charge on any atom is -0.492 e. The lowest BCUT2D eigenvalue weighted by Gasteiger charge is -2.15. The third-order valence-corrected chi connectivity index (χ3v) is 5.15. The molecule has 156 valence electrons. The molecule has 2 atom stereocenters. The zero-order valence-electron chi connectivity index (χ0n) is 16.7. The lowest BCUT2D eigenvalue weighted by molar-refractivity contribution is -0.143. The molecule has 2 unspecified atom stereocenters. The summed E-state index contributed by atoms with van der Waals surface area (Å²) < 4.78 is 16.7. The Labute approximate surface area is 177 Å². The predicted molar refractivity (Wildman–Crippen MR) is 114 cm³/mol. The summed E-state index contributed by atoms with van der Waals surface area (Å²) in [6.45, 7) is 2.92. The fourth-order valence-corrected chi connectivity index (χ4v) is 3.55. The van der Waals surface area contributed by atoms with Crippen LogP contribution in [0, 0.1) is 0 Å². The van der Waals surface area contributed by atoms with E-state index in [2.05, 4.69) is 5.32 Å². The second-order valence-electron chi connectivity index (χ2n) is 7.17. The second-order valence-corrected chi connectivity index (χ2v) is 7.61. The molecule has 5 nitrogen and oxygen atoms in total. The number of carbonyl (C=O) groups excluding carboxylic acids is 1. The number of carbonyl (C=O) groups is 1. The molecule has 2 aromatic rings. The molecule has 1 N–H and O–H groups in total. The molecule has 0 bridgehead atoms. The maximum Gasteiger partial charge on any atom is 0.305 e. The molecule has 1 saturated heterocycles. The van der Waals surface area contributed by atoms with E-state index in [9.17, 15) is 4.79 Å². The molecule has 0 amide bonds. The van der Waals surface area contributed by atoms with Crippen molar-refractivity contribution >= 4 is 17.6 Å². The van der Waals surface area contributed by atoms with Gasteiger partial charge in [-0.15, -0.1) is 0 Å². The van der Waals surface area contributed by atoms with Crippen LogP contribution in [-0.4, -0.2) is 31.3 Å². The summed E-state index contributed by atoms with van der Waals surface area (Å²) in [7, 11) is 0. The molecule has 1 fully saturated rings. The largest absolute Gasteiger partial charge is 0.492 e. The van der Waals surface area contributed by atoms with E-state index < -0.39 is 0 Å². The first-order chi connectivity index (χ1) is 14.1. The first-order valence-electron chi connectivity index (χ1n) is 10.2. The van der Waals surface area contributed by atoms with E-state index in [1.807, 2.05) is 43.3 Å². The number of hydrogen-bond donors (Lipinski definition) is 1. The molecule has 0 saturated carbocycles. The Morgan fingerprint density at radius 3 is 2.31 bits per heavy atom. The van der Waals surface area contributed by atoms with Crippen molar-refractivity contribution in [1.29, 1.82) is 0 Å². The number of halogens is 1. The lowest BCUT2D eigenvalue weighted by Crippen LogP contribution is -2.33. The van der Waals surface area contributed by atoms with Gasteiger partial charge >= 0.3 is 5.97 Å². The number of nitrogens with one attached hydrogen (secondary N) is 1. The Bertz CT molecular complexity index is 763. The normalized spacial score (nSPS) is 18.4. The minimum atomic E-state index is -0.103. The highest BCUT2D eigenvalue weighted by atomic mass is 35.5. The smallest absolute Gasteiger partial charge is 0.305 e. The second kappa shape index (κ2) is 11.1. The molecule has 3 rings (SSSR count). The molecule has 1 heterocycles. The van der Waals surface area contributed by atoms with E-state index in [1.54, 1.807) is 12.1 Å². The summed E-state index contributed by atoms with van der Waals surface area (Å²) in [5.41, 5.74) is 0. The average molecular weight is 418 g/mol. The van der Waals surface area contributed by atoms with Crippen LogP contribution in [0.15, 0.2) is 48.5 Å². The van der Waals surface area contributed by atoms with E-state index in [0.717, 1.165) is 42.9 Å². The van der Waals surface area contributed by atoms with Gasteiger partial charge in [-0.1, -0.05) is 11.6 Å². The zero-order chi connectivity index (χ0) is 20.5. The SMILES string of the molecule is CCOC(=O)CCCC1CCC(COc2ccc(Oc3ccc(Cl)cc3)cc2)N1. The molecule has 0 aliphatic carbocycles. The highest BCUT2D eigenvalue weighted by Crippen LogP contribution is 2.25. The fourth-order valence-electron chi connectivity index (χ4n) is 3.43. The van der Waals surface area contributed by atoms with Crippen molar-refractivity contribution in [3.05, 3.63) is 53.6 Å². The number of esters is 1. The third-order valence-electron chi connectivity index (χ3n) is 4.90. The minimum absolute atomic E-state index is 0.103. The summed E-state index contributed by atoms with van der Waals surface area (Å²) >= 11 is 5.89. The molecule has 1 aliphatic heterocycles. The predicted octanol–water partition coefficient (Wildman–Crippen LogP) is 5.37. The zero-order valence-corrected chi connectivity index (χ0v) is 17.5. The van der Waals surface area contributed by atoms with Crippen LogP contribution in [-0.2, 0) is 9.53 Å². The Balaban J connectivity index is 1.36. The van der Waals surface area contributed by atoms with Crippen LogP contribution >= 0.6 is 11.6 Å². The highest BCUT2D eigenvalue weighted by molar-refractivity contribution is 6.30. The maximum atomic E-state index is 11.4. The molecular weight excluding hydrogens is 390 g/mol. The van der Waals surface area contributed by atoms with Crippen LogP contribution in [0.3, 0.4) is 0 Å². The van der Waals surface area contributed by atoms with E-state index in [4.69, 9.17) is 25.8 Å². The summed E-state index contributed by atoms with van der Waals surface area (Å²) in [5, 5.41) is 4.29. The number of benzene rings is 2. The van der Waals surface area contributed by atoms with Crippen molar-refractivity contribution < 1.29 is 19.0 Å². The number of rotatable bonds is 10. The van der Waals surface area contributed by atoms with Crippen LogP contribution in [0.2, 0.25) is 5.02 Å². The Kier molecular flexibility index (Phi) is 8.20. The molecular formula is C23H28ClNO4. The monoisotopic (exact) mass is 417 g/mol. The van der Waals surface area contributed by atoms with Crippen LogP contribution in [0.25, 0.3) is 0 Å². The van der Waals surface area contributed by atoms with Gasteiger partial charge in [0.1, 0.15) is 23.9 Å². The highest BCUT2D eigenvalue weighted by Gasteiger charge is 2.24. The molecule has 0 aromatic heterocycles. The van der Waals surface area contributed by atoms with E-state index in [1.165, 1.54) is 0 Å². The van der Waals surface area contributed by atoms with Gasteiger partial charge < -0.3 is 19.5 Å². The first kappa shape index (κ1) is 21.5. The van der Waals surface area contributed by atoms with Gasteiger partial charge in [-0.25, -0.2) is 0 Å². The summed E-state index contributed by atoms with van der Waals surface area (Å²) in [5.74, 6) is 2.21. The van der Waals surface area contributed by atoms with Gasteiger partial charge in [-0.05, 0) is 81.1 Å². The lowest BCUT2D eigenvalue weighted by atomic mass is 10.1. The van der Waals surface area contributed by atoms with E-state index in [-0.39, 0.29) is 5.97 Å². The fraction of sp³-hybridized carbons (Fsp3) is 0.435. The molecule has 1 aliphatic rings. The Morgan fingerprint density at radius 2 is 1.62 bits per heavy atom. The van der Waals surface area contributed by atoms with Gasteiger partial charge in [-0.3, -0.25) is 4.79 Å². The van der Waals surface area contributed by atoms with E-state index >= 15 is 0 Å². The maximum absolute atomic E-state index is 11.4. The number of hydrogen-bond acceptors (Lipinski definition) is 5. The molecule has 0 spiro atoms. The standard InChI is InChI=1S/C23H28ClNO4/c1-2-27-23(26)5-3-4-18-8-9-19(25-18)16-28-20-12-14-22(15-13-20)29-21-10-6-17(24)7-11-21/h6-7,10-15,18-19,25H,2-5,8-9,16H2,1H3. The van der Waals surface area contributed by atoms with Gasteiger partial charge in [0.25, 0.3) is 0 Å².